The zero-order chi connectivity index (χ0) is 18.0. The highest BCUT2D eigenvalue weighted by molar-refractivity contribution is 5.76. The first-order chi connectivity index (χ1) is 11.9. The summed E-state index contributed by atoms with van der Waals surface area (Å²) >= 11 is 0. The number of benzene rings is 1. The average molecular weight is 345 g/mol. The molecule has 0 spiro atoms. The molecule has 2 aliphatic rings. The number of carbonyl (C=O) groups is 1. The summed E-state index contributed by atoms with van der Waals surface area (Å²) < 4.78 is 5.99. The SMILES string of the molecule is CC1C(OC(=O)C2CCCN2Nc2ccccc2)CCN(C)C1(C)C. The zero-order valence-corrected chi connectivity index (χ0v) is 15.9. The van der Waals surface area contributed by atoms with E-state index in [4.69, 9.17) is 4.74 Å². The number of hydrogen-bond acceptors (Lipinski definition) is 5. The molecule has 0 saturated carbocycles. The van der Waals surface area contributed by atoms with E-state index in [9.17, 15) is 4.79 Å². The Balaban J connectivity index is 1.62. The van der Waals surface area contributed by atoms with Gasteiger partial charge in [-0.3, -0.25) is 4.79 Å². The number of piperidine rings is 1. The number of hydrazine groups is 1. The first-order valence-electron chi connectivity index (χ1n) is 9.39. The van der Waals surface area contributed by atoms with E-state index in [0.29, 0.717) is 5.92 Å². The lowest BCUT2D eigenvalue weighted by atomic mass is 9.79. The molecule has 0 aromatic heterocycles. The second kappa shape index (κ2) is 7.34. The Hall–Kier alpha value is -1.59. The summed E-state index contributed by atoms with van der Waals surface area (Å²) in [5, 5.41) is 2.03. The van der Waals surface area contributed by atoms with Gasteiger partial charge in [0.15, 0.2) is 0 Å². The molecule has 0 aliphatic carbocycles. The lowest BCUT2D eigenvalue weighted by Gasteiger charge is -2.48. The van der Waals surface area contributed by atoms with Gasteiger partial charge < -0.3 is 15.1 Å². The summed E-state index contributed by atoms with van der Waals surface area (Å²) in [7, 11) is 2.15. The van der Waals surface area contributed by atoms with Gasteiger partial charge in [-0.15, -0.1) is 0 Å². The molecule has 2 aliphatic heterocycles. The maximum atomic E-state index is 12.8. The molecule has 2 fully saturated rings. The van der Waals surface area contributed by atoms with Crippen LogP contribution in [0.2, 0.25) is 0 Å². The molecule has 3 unspecified atom stereocenters. The number of nitrogens with one attached hydrogen (secondary N) is 1. The van der Waals surface area contributed by atoms with Gasteiger partial charge in [-0.2, -0.15) is 0 Å². The van der Waals surface area contributed by atoms with Crippen molar-refractivity contribution in [2.75, 3.05) is 25.6 Å². The van der Waals surface area contributed by atoms with Crippen LogP contribution in [0.4, 0.5) is 5.69 Å². The minimum atomic E-state index is -0.199. The van der Waals surface area contributed by atoms with Crippen molar-refractivity contribution in [1.29, 1.82) is 0 Å². The van der Waals surface area contributed by atoms with Crippen LogP contribution in [-0.4, -0.2) is 53.7 Å². The molecule has 2 saturated heterocycles. The van der Waals surface area contributed by atoms with Gasteiger partial charge >= 0.3 is 5.97 Å². The van der Waals surface area contributed by atoms with E-state index < -0.39 is 0 Å². The van der Waals surface area contributed by atoms with Crippen molar-refractivity contribution in [2.45, 2.75) is 57.7 Å². The van der Waals surface area contributed by atoms with Crippen LogP contribution in [0.15, 0.2) is 30.3 Å². The molecular formula is C20H31N3O2. The van der Waals surface area contributed by atoms with Crippen molar-refractivity contribution in [3.63, 3.8) is 0 Å². The van der Waals surface area contributed by atoms with Gasteiger partial charge in [-0.1, -0.05) is 25.1 Å². The van der Waals surface area contributed by atoms with Gasteiger partial charge in [0, 0.05) is 30.2 Å². The van der Waals surface area contributed by atoms with Crippen LogP contribution < -0.4 is 5.43 Å². The van der Waals surface area contributed by atoms with Gasteiger partial charge in [0.05, 0.1) is 0 Å². The van der Waals surface area contributed by atoms with E-state index >= 15 is 0 Å². The van der Waals surface area contributed by atoms with E-state index in [2.05, 4.69) is 38.1 Å². The van der Waals surface area contributed by atoms with Crippen molar-refractivity contribution in [2.24, 2.45) is 5.92 Å². The largest absolute Gasteiger partial charge is 0.461 e. The molecule has 1 aromatic rings. The third kappa shape index (κ3) is 3.82. The molecule has 25 heavy (non-hydrogen) atoms. The Bertz CT molecular complexity index is 590. The van der Waals surface area contributed by atoms with Gasteiger partial charge in [-0.05, 0) is 52.3 Å². The van der Waals surface area contributed by atoms with Crippen molar-refractivity contribution in [1.82, 2.24) is 9.91 Å². The highest BCUT2D eigenvalue weighted by atomic mass is 16.5. The van der Waals surface area contributed by atoms with Gasteiger partial charge in [0.1, 0.15) is 12.1 Å². The number of anilines is 1. The number of carbonyl (C=O) groups excluding carboxylic acids is 1. The fourth-order valence-corrected chi connectivity index (χ4v) is 3.87. The molecule has 5 nitrogen and oxygen atoms in total. The number of likely N-dealkylation sites (tertiary alicyclic amines) is 1. The predicted octanol–water partition coefficient (Wildman–Crippen LogP) is 3.14. The van der Waals surface area contributed by atoms with Gasteiger partial charge in [0.25, 0.3) is 0 Å². The summed E-state index contributed by atoms with van der Waals surface area (Å²) in [5.74, 6) is 0.227. The molecule has 0 bridgehead atoms. The fourth-order valence-electron chi connectivity index (χ4n) is 3.87. The quantitative estimate of drug-likeness (QED) is 0.850. The number of para-hydroxylation sites is 1. The summed E-state index contributed by atoms with van der Waals surface area (Å²) in [6.45, 7) is 8.49. The average Bonchev–Trinajstić information content (AvgIpc) is 3.05. The van der Waals surface area contributed by atoms with E-state index in [-0.39, 0.29) is 23.7 Å². The number of esters is 1. The second-order valence-electron chi connectivity index (χ2n) is 7.96. The van der Waals surface area contributed by atoms with Crippen LogP contribution in [0.3, 0.4) is 0 Å². The molecule has 0 radical (unpaired) electrons. The molecular weight excluding hydrogens is 314 g/mol. The van der Waals surface area contributed by atoms with E-state index in [1.54, 1.807) is 0 Å². The van der Waals surface area contributed by atoms with Crippen molar-refractivity contribution >= 4 is 11.7 Å². The molecule has 1 N–H and O–H groups in total. The van der Waals surface area contributed by atoms with Crippen molar-refractivity contribution in [3.8, 4) is 0 Å². The van der Waals surface area contributed by atoms with Crippen molar-refractivity contribution < 1.29 is 9.53 Å². The fraction of sp³-hybridized carbons (Fsp3) is 0.650. The highest BCUT2D eigenvalue weighted by Gasteiger charge is 2.43. The molecule has 5 heteroatoms. The Labute approximate surface area is 151 Å². The van der Waals surface area contributed by atoms with E-state index in [0.717, 1.165) is 38.0 Å². The van der Waals surface area contributed by atoms with Crippen LogP contribution in [0.1, 0.15) is 40.0 Å². The molecule has 3 atom stereocenters. The highest BCUT2D eigenvalue weighted by Crippen LogP contribution is 2.34. The molecule has 2 heterocycles. The topological polar surface area (TPSA) is 44.8 Å². The maximum absolute atomic E-state index is 12.8. The second-order valence-corrected chi connectivity index (χ2v) is 7.96. The smallest absolute Gasteiger partial charge is 0.325 e. The third-order valence-electron chi connectivity index (χ3n) is 6.24. The standard InChI is InChI=1S/C20H31N3O2/c1-15-18(12-14-22(4)20(15,2)3)25-19(24)17-11-8-13-23(17)21-16-9-6-5-7-10-16/h5-7,9-10,15,17-18,21H,8,11-14H2,1-4H3. The minimum Gasteiger partial charge on any atom is -0.461 e. The predicted molar refractivity (Wildman–Crippen MR) is 100 cm³/mol. The molecule has 3 rings (SSSR count). The van der Waals surface area contributed by atoms with Crippen LogP contribution in [0.5, 0.6) is 0 Å². The number of rotatable bonds is 4. The van der Waals surface area contributed by atoms with Crippen LogP contribution in [-0.2, 0) is 9.53 Å². The lowest BCUT2D eigenvalue weighted by molar-refractivity contribution is -0.164. The maximum Gasteiger partial charge on any atom is 0.325 e. The Morgan fingerprint density at radius 2 is 1.92 bits per heavy atom. The molecule has 1 aromatic carbocycles. The summed E-state index contributed by atoms with van der Waals surface area (Å²) in [6.07, 6.45) is 2.76. The summed E-state index contributed by atoms with van der Waals surface area (Å²) in [6, 6.07) is 9.81. The number of ether oxygens (including phenoxy) is 1. The van der Waals surface area contributed by atoms with Crippen molar-refractivity contribution in [3.05, 3.63) is 30.3 Å². The van der Waals surface area contributed by atoms with E-state index in [1.165, 1.54) is 0 Å². The Morgan fingerprint density at radius 3 is 2.64 bits per heavy atom. The molecule has 138 valence electrons. The first kappa shape index (κ1) is 18.2. The Morgan fingerprint density at radius 1 is 1.20 bits per heavy atom. The minimum absolute atomic E-state index is 0.00197. The normalized spacial score (nSPS) is 30.2. The number of nitrogens with zero attached hydrogens (tertiary/aromatic N) is 2. The summed E-state index contributed by atoms with van der Waals surface area (Å²) in [5.41, 5.74) is 4.42. The lowest BCUT2D eigenvalue weighted by Crippen LogP contribution is -2.57. The van der Waals surface area contributed by atoms with Gasteiger partial charge in [0.2, 0.25) is 0 Å². The summed E-state index contributed by atoms with van der Waals surface area (Å²) in [4.78, 5) is 15.2. The van der Waals surface area contributed by atoms with Crippen LogP contribution in [0, 0.1) is 5.92 Å². The first-order valence-corrected chi connectivity index (χ1v) is 9.39. The van der Waals surface area contributed by atoms with E-state index in [1.807, 2.05) is 35.3 Å². The van der Waals surface area contributed by atoms with Crippen LogP contribution in [0.25, 0.3) is 0 Å². The monoisotopic (exact) mass is 345 g/mol. The number of hydrogen-bond donors (Lipinski definition) is 1. The molecule has 0 amide bonds. The third-order valence-corrected chi connectivity index (χ3v) is 6.24. The zero-order valence-electron chi connectivity index (χ0n) is 15.9. The van der Waals surface area contributed by atoms with Crippen LogP contribution >= 0.6 is 0 Å². The Kier molecular flexibility index (Phi) is 5.35. The van der Waals surface area contributed by atoms with Gasteiger partial charge in [-0.25, -0.2) is 5.01 Å².